The first-order chi connectivity index (χ1) is 12.4. The smallest absolute Gasteiger partial charge is 0.347 e. The highest BCUT2D eigenvalue weighted by molar-refractivity contribution is 5.69. The second-order valence-electron chi connectivity index (χ2n) is 6.23. The highest BCUT2D eigenvalue weighted by Gasteiger charge is 2.57. The maximum absolute atomic E-state index is 12.0. The Morgan fingerprint density at radius 2 is 2.15 bits per heavy atom. The molecule has 1 aromatic heterocycles. The van der Waals surface area contributed by atoms with Crippen molar-refractivity contribution in [3.05, 3.63) is 27.0 Å². The van der Waals surface area contributed by atoms with Gasteiger partial charge in [0.1, 0.15) is 24.5 Å². The van der Waals surface area contributed by atoms with Crippen LogP contribution in [0.25, 0.3) is 0 Å². The molecule has 0 aromatic carbocycles. The van der Waals surface area contributed by atoms with E-state index in [4.69, 9.17) is 18.9 Å². The van der Waals surface area contributed by atoms with Gasteiger partial charge >= 0.3 is 11.7 Å². The molecule has 11 heteroatoms. The number of fused-ring (bicyclic) bond motifs is 1. The van der Waals surface area contributed by atoms with E-state index in [9.17, 15) is 19.5 Å². The van der Waals surface area contributed by atoms with E-state index < -0.39 is 41.6 Å². The highest BCUT2D eigenvalue weighted by Crippen LogP contribution is 2.44. The number of carbonyl (C=O) groups is 1. The van der Waals surface area contributed by atoms with Crippen LogP contribution in [0.4, 0.5) is 0 Å². The van der Waals surface area contributed by atoms with Gasteiger partial charge in [0.2, 0.25) is 0 Å². The summed E-state index contributed by atoms with van der Waals surface area (Å²) in [4.78, 5) is 36.9. The molecular weight excluding hydrogens is 350 g/mol. The summed E-state index contributed by atoms with van der Waals surface area (Å²) in [5.74, 6) is -1.48. The summed E-state index contributed by atoms with van der Waals surface area (Å²) in [5.41, 5.74) is -1.40. The average molecular weight is 371 g/mol. The predicted molar refractivity (Wildman–Crippen MR) is 84.1 cm³/mol. The number of nitrogens with zero attached hydrogens (tertiary/aromatic N) is 2. The van der Waals surface area contributed by atoms with Gasteiger partial charge in [0.25, 0.3) is 5.56 Å². The van der Waals surface area contributed by atoms with E-state index in [1.165, 1.54) is 0 Å². The summed E-state index contributed by atoms with van der Waals surface area (Å²) in [6.07, 6.45) is -1.84. The first kappa shape index (κ1) is 18.7. The van der Waals surface area contributed by atoms with Crippen LogP contribution in [-0.4, -0.2) is 63.2 Å². The molecule has 0 bridgehead atoms. The lowest BCUT2D eigenvalue weighted by atomic mass is 10.1. The van der Waals surface area contributed by atoms with E-state index in [1.54, 1.807) is 13.8 Å². The van der Waals surface area contributed by atoms with Gasteiger partial charge in [0, 0.05) is 6.42 Å². The molecule has 1 unspecified atom stereocenters. The molecule has 0 aliphatic carbocycles. The minimum atomic E-state index is -1.11. The van der Waals surface area contributed by atoms with Crippen molar-refractivity contribution < 1.29 is 28.8 Å². The molecule has 11 nitrogen and oxygen atoms in total. The van der Waals surface area contributed by atoms with E-state index in [1.807, 2.05) is 0 Å². The molecule has 2 fully saturated rings. The SMILES string of the molecule is CCOC(=O)CC[C@@]1(C)OC2[C@@H](O1)[C@@H](CO)O[C@H]2n1ncc(=O)[nH]c1=O. The number of nitrogens with one attached hydrogen (secondary N) is 1. The molecule has 3 rings (SSSR count). The predicted octanol–water partition coefficient (Wildman–Crippen LogP) is -1.34. The normalized spacial score (nSPS) is 33.2. The van der Waals surface area contributed by atoms with Crippen LogP contribution in [0.3, 0.4) is 0 Å². The van der Waals surface area contributed by atoms with E-state index in [0.717, 1.165) is 10.9 Å². The zero-order valence-corrected chi connectivity index (χ0v) is 14.4. The van der Waals surface area contributed by atoms with Crippen molar-refractivity contribution in [2.24, 2.45) is 0 Å². The molecule has 2 N–H and O–H groups in total. The fourth-order valence-electron chi connectivity index (χ4n) is 3.15. The standard InChI is InChI=1S/C15H21N3O8/c1-3-23-10(21)4-5-15(2)25-11-8(7-19)24-13(12(11)26-15)18-14(22)17-9(20)6-16-18/h6,8,11-13,19H,3-5,7H2,1-2H3,(H,17,20,22)/t8-,11+,12?,13-,15-/m1/s1. The van der Waals surface area contributed by atoms with Crippen molar-refractivity contribution in [2.75, 3.05) is 13.2 Å². The molecular formula is C15H21N3O8. The molecule has 0 radical (unpaired) electrons. The summed E-state index contributed by atoms with van der Waals surface area (Å²) in [5, 5.41) is 13.3. The number of aromatic amines is 1. The van der Waals surface area contributed by atoms with Gasteiger partial charge < -0.3 is 24.1 Å². The number of aliphatic hydroxyl groups is 1. The number of H-pyrrole nitrogens is 1. The second-order valence-corrected chi connectivity index (χ2v) is 6.23. The molecule has 2 aliphatic rings. The van der Waals surface area contributed by atoms with Crippen LogP contribution in [0.2, 0.25) is 0 Å². The monoisotopic (exact) mass is 371 g/mol. The Morgan fingerprint density at radius 1 is 1.42 bits per heavy atom. The van der Waals surface area contributed by atoms with Gasteiger partial charge in [0.05, 0.1) is 19.6 Å². The van der Waals surface area contributed by atoms with Crippen LogP contribution in [0, 0.1) is 0 Å². The second kappa shape index (κ2) is 7.27. The maximum atomic E-state index is 12.0. The lowest BCUT2D eigenvalue weighted by Gasteiger charge is -2.27. The molecule has 3 heterocycles. The van der Waals surface area contributed by atoms with Crippen molar-refractivity contribution in [3.8, 4) is 0 Å². The van der Waals surface area contributed by atoms with E-state index in [0.29, 0.717) is 0 Å². The fraction of sp³-hybridized carbons (Fsp3) is 0.733. The van der Waals surface area contributed by atoms with Crippen LogP contribution in [-0.2, 0) is 23.7 Å². The molecule has 5 atom stereocenters. The highest BCUT2D eigenvalue weighted by atomic mass is 16.8. The third-order valence-electron chi connectivity index (χ3n) is 4.30. The Balaban J connectivity index is 1.79. The Labute approximate surface area is 147 Å². The van der Waals surface area contributed by atoms with Crippen molar-refractivity contribution in [2.45, 2.75) is 57.0 Å². The van der Waals surface area contributed by atoms with Gasteiger partial charge in [-0.2, -0.15) is 9.78 Å². The lowest BCUT2D eigenvalue weighted by molar-refractivity contribution is -0.216. The number of aromatic nitrogens is 3. The van der Waals surface area contributed by atoms with Crippen LogP contribution >= 0.6 is 0 Å². The van der Waals surface area contributed by atoms with Crippen LogP contribution in [0.1, 0.15) is 32.9 Å². The topological polar surface area (TPSA) is 142 Å². The molecule has 1 aromatic rings. The number of carbonyl (C=O) groups excluding carboxylic acids is 1. The van der Waals surface area contributed by atoms with Gasteiger partial charge in [-0.3, -0.25) is 14.6 Å². The van der Waals surface area contributed by atoms with E-state index >= 15 is 0 Å². The minimum absolute atomic E-state index is 0.0932. The summed E-state index contributed by atoms with van der Waals surface area (Å²) in [7, 11) is 0. The Morgan fingerprint density at radius 3 is 2.81 bits per heavy atom. The summed E-state index contributed by atoms with van der Waals surface area (Å²) in [6, 6.07) is 0. The summed E-state index contributed by atoms with van der Waals surface area (Å²) >= 11 is 0. The third-order valence-corrected chi connectivity index (χ3v) is 4.30. The van der Waals surface area contributed by atoms with Crippen molar-refractivity contribution in [1.82, 2.24) is 14.8 Å². The quantitative estimate of drug-likeness (QED) is 0.581. The average Bonchev–Trinajstić information content (AvgIpc) is 3.09. The van der Waals surface area contributed by atoms with E-state index in [2.05, 4.69) is 10.1 Å². The maximum Gasteiger partial charge on any atom is 0.347 e. The number of aliphatic hydroxyl groups excluding tert-OH is 1. The number of ether oxygens (including phenoxy) is 4. The van der Waals surface area contributed by atoms with Crippen molar-refractivity contribution in [1.29, 1.82) is 0 Å². The fourth-order valence-corrected chi connectivity index (χ4v) is 3.15. The zero-order chi connectivity index (χ0) is 18.9. The molecule has 0 spiro atoms. The zero-order valence-electron chi connectivity index (χ0n) is 14.4. The molecule has 144 valence electrons. The molecule has 0 amide bonds. The number of hydrogen-bond acceptors (Lipinski definition) is 9. The Bertz CT molecular complexity index is 777. The van der Waals surface area contributed by atoms with Gasteiger partial charge in [-0.15, -0.1) is 0 Å². The molecule has 0 saturated carbocycles. The van der Waals surface area contributed by atoms with Gasteiger partial charge in [-0.05, 0) is 13.8 Å². The molecule has 2 saturated heterocycles. The third kappa shape index (κ3) is 3.56. The first-order valence-corrected chi connectivity index (χ1v) is 8.32. The van der Waals surface area contributed by atoms with Crippen LogP contribution in [0.15, 0.2) is 15.8 Å². The van der Waals surface area contributed by atoms with Crippen molar-refractivity contribution in [3.63, 3.8) is 0 Å². The molecule has 2 aliphatic heterocycles. The van der Waals surface area contributed by atoms with Crippen LogP contribution < -0.4 is 11.2 Å². The number of hydrogen-bond donors (Lipinski definition) is 2. The van der Waals surface area contributed by atoms with Crippen molar-refractivity contribution >= 4 is 5.97 Å². The Hall–Kier alpha value is -2.08. The minimum Gasteiger partial charge on any atom is -0.466 e. The number of esters is 1. The van der Waals surface area contributed by atoms with Gasteiger partial charge in [0.15, 0.2) is 12.0 Å². The van der Waals surface area contributed by atoms with Gasteiger partial charge in [-0.25, -0.2) is 4.79 Å². The molecule has 26 heavy (non-hydrogen) atoms. The van der Waals surface area contributed by atoms with Gasteiger partial charge in [-0.1, -0.05) is 0 Å². The van der Waals surface area contributed by atoms with Crippen LogP contribution in [0.5, 0.6) is 0 Å². The summed E-state index contributed by atoms with van der Waals surface area (Å²) in [6.45, 7) is 3.31. The summed E-state index contributed by atoms with van der Waals surface area (Å²) < 4.78 is 23.3. The van der Waals surface area contributed by atoms with E-state index in [-0.39, 0.29) is 32.0 Å². The lowest BCUT2D eigenvalue weighted by Crippen LogP contribution is -2.39. The number of rotatable bonds is 6. The Kier molecular flexibility index (Phi) is 5.23. The first-order valence-electron chi connectivity index (χ1n) is 8.32. The largest absolute Gasteiger partial charge is 0.466 e.